The van der Waals surface area contributed by atoms with Crippen LogP contribution in [-0.4, -0.2) is 92.9 Å². The lowest BCUT2D eigenvalue weighted by Crippen LogP contribution is -2.34. The molecule has 4 aliphatic rings. The fourth-order valence-corrected chi connectivity index (χ4v) is 7.73. The lowest BCUT2D eigenvalue weighted by molar-refractivity contribution is -0.118. The van der Waals surface area contributed by atoms with Crippen molar-refractivity contribution >= 4 is 58.0 Å². The maximum absolute atomic E-state index is 13.2. The SMILES string of the molecule is CN1CCc2[nH]c(-c3ccnc(NC(=O)[C@@H]4C[C@@H]4F)c3)c(Nc3ccccc3)c2C1=O.CN1CCc2[nH]c(-c3ccnc(NC(=O)[C@H]4C[C@H]4F)c3)c(Nc3ccccc3)c2C1=O. The van der Waals surface area contributed by atoms with Crippen LogP contribution in [0, 0.1) is 11.8 Å². The van der Waals surface area contributed by atoms with Crippen molar-refractivity contribution in [1.29, 1.82) is 0 Å². The van der Waals surface area contributed by atoms with Crippen molar-refractivity contribution in [2.24, 2.45) is 11.8 Å². The van der Waals surface area contributed by atoms with Gasteiger partial charge in [-0.3, -0.25) is 19.2 Å². The zero-order chi connectivity index (χ0) is 43.1. The van der Waals surface area contributed by atoms with E-state index in [0.717, 1.165) is 58.1 Å². The number of halogens is 2. The Morgan fingerprint density at radius 1 is 0.629 bits per heavy atom. The molecule has 10 rings (SSSR count). The number of hydrogen-bond acceptors (Lipinski definition) is 8. The maximum atomic E-state index is 13.2. The summed E-state index contributed by atoms with van der Waals surface area (Å²) in [5.41, 5.74) is 9.09. The van der Waals surface area contributed by atoms with E-state index in [2.05, 4.69) is 41.2 Å². The van der Waals surface area contributed by atoms with Crippen LogP contribution in [0.25, 0.3) is 22.5 Å². The largest absolute Gasteiger partial charge is 0.356 e. The van der Waals surface area contributed by atoms with Crippen molar-refractivity contribution < 1.29 is 28.0 Å². The van der Waals surface area contributed by atoms with Crippen LogP contribution < -0.4 is 21.3 Å². The summed E-state index contributed by atoms with van der Waals surface area (Å²) in [6.07, 6.45) is 3.00. The van der Waals surface area contributed by atoms with Gasteiger partial charge in [-0.2, -0.15) is 0 Å². The van der Waals surface area contributed by atoms with Crippen LogP contribution in [0.3, 0.4) is 0 Å². The number of benzene rings is 2. The quantitative estimate of drug-likeness (QED) is 0.0821. The third-order valence-electron chi connectivity index (χ3n) is 11.5. The standard InChI is InChI=1S/2C23H22FN5O2/c2*1-29-10-8-17-19(23(29)31)21(26-14-5-3-2-4-6-14)20(27-17)13-7-9-25-18(11-13)28-22(30)15-12-16(15)24/h2*2-7,9,11,15-16,26-27H,8,10,12H2,1H3,(H,25,28,30)/t2*15-,16+/m10/s1. The summed E-state index contributed by atoms with van der Waals surface area (Å²) in [5, 5.41) is 12.2. The number of carbonyl (C=O) groups excluding carboxylic acids is 4. The first-order valence-corrected chi connectivity index (χ1v) is 20.5. The smallest absolute Gasteiger partial charge is 0.257 e. The summed E-state index contributed by atoms with van der Waals surface area (Å²) in [7, 11) is 3.58. The van der Waals surface area contributed by atoms with Gasteiger partial charge in [-0.05, 0) is 61.4 Å². The van der Waals surface area contributed by atoms with Gasteiger partial charge in [0.25, 0.3) is 11.8 Å². The molecular weight excluding hydrogens is 795 g/mol. The van der Waals surface area contributed by atoms with Crippen molar-refractivity contribution in [3.05, 3.63) is 120 Å². The lowest BCUT2D eigenvalue weighted by atomic mass is 10.0. The number of pyridine rings is 2. The number of rotatable bonds is 10. The molecule has 0 bridgehead atoms. The van der Waals surface area contributed by atoms with Crippen LogP contribution in [0.2, 0.25) is 0 Å². The van der Waals surface area contributed by atoms with Crippen LogP contribution in [0.15, 0.2) is 97.3 Å². The Balaban J connectivity index is 0.000000158. The molecule has 0 saturated heterocycles. The number of hydrogen-bond donors (Lipinski definition) is 6. The van der Waals surface area contributed by atoms with E-state index in [-0.39, 0.29) is 36.5 Å². The van der Waals surface area contributed by atoms with Crippen LogP contribution in [0.1, 0.15) is 44.9 Å². The van der Waals surface area contributed by atoms with Gasteiger partial charge in [0.05, 0.1) is 45.7 Å². The predicted molar refractivity (Wildman–Crippen MR) is 232 cm³/mol. The molecule has 2 saturated carbocycles. The number of nitrogens with zero attached hydrogens (tertiary/aromatic N) is 4. The molecule has 2 aliphatic carbocycles. The van der Waals surface area contributed by atoms with Crippen molar-refractivity contribution in [1.82, 2.24) is 29.7 Å². The summed E-state index contributed by atoms with van der Waals surface area (Å²) in [5.74, 6) is -1.30. The predicted octanol–water partition coefficient (Wildman–Crippen LogP) is 7.49. The van der Waals surface area contributed by atoms with Crippen LogP contribution >= 0.6 is 0 Å². The second-order valence-electron chi connectivity index (χ2n) is 15.9. The van der Waals surface area contributed by atoms with Gasteiger partial charge in [-0.1, -0.05) is 36.4 Å². The van der Waals surface area contributed by atoms with E-state index in [4.69, 9.17) is 0 Å². The molecule has 2 aromatic carbocycles. The van der Waals surface area contributed by atoms with Gasteiger partial charge in [0.2, 0.25) is 11.8 Å². The Kier molecular flexibility index (Phi) is 10.7. The number of anilines is 6. The van der Waals surface area contributed by atoms with Gasteiger partial charge in [0.15, 0.2) is 0 Å². The molecule has 2 fully saturated rings. The first kappa shape index (κ1) is 40.1. The number of fused-ring (bicyclic) bond motifs is 2. The number of alkyl halides is 2. The molecule has 0 radical (unpaired) electrons. The van der Waals surface area contributed by atoms with E-state index in [1.807, 2.05) is 72.8 Å². The average Bonchev–Trinajstić information content (AvgIpc) is 4.13. The van der Waals surface area contributed by atoms with Gasteiger partial charge in [0, 0.05) is 86.3 Å². The molecule has 4 aromatic heterocycles. The first-order chi connectivity index (χ1) is 30.0. The highest BCUT2D eigenvalue weighted by Crippen LogP contribution is 2.41. The summed E-state index contributed by atoms with van der Waals surface area (Å²) >= 11 is 0. The van der Waals surface area contributed by atoms with Crippen molar-refractivity contribution in [3.63, 3.8) is 0 Å². The number of carbonyl (C=O) groups is 4. The molecule has 16 heteroatoms. The molecule has 4 amide bonds. The van der Waals surface area contributed by atoms with Gasteiger partial charge in [0.1, 0.15) is 24.0 Å². The number of likely N-dealkylation sites (N-methyl/N-ethyl adjacent to an activating group) is 2. The average molecular weight is 839 g/mol. The normalized spacial score (nSPS) is 19.7. The molecule has 2 aliphatic heterocycles. The molecule has 316 valence electrons. The summed E-state index contributed by atoms with van der Waals surface area (Å²) in [6.45, 7) is 1.28. The van der Waals surface area contributed by atoms with E-state index in [1.165, 1.54) is 0 Å². The van der Waals surface area contributed by atoms with E-state index < -0.39 is 24.2 Å². The Bertz CT molecular complexity index is 2500. The highest BCUT2D eigenvalue weighted by molar-refractivity contribution is 6.07. The molecular formula is C46H44F2N10O4. The first-order valence-electron chi connectivity index (χ1n) is 20.5. The Morgan fingerprint density at radius 3 is 1.39 bits per heavy atom. The Hall–Kier alpha value is -7.36. The van der Waals surface area contributed by atoms with Crippen molar-refractivity contribution in [3.8, 4) is 22.5 Å². The molecule has 6 aromatic rings. The van der Waals surface area contributed by atoms with Gasteiger partial charge < -0.3 is 41.0 Å². The third kappa shape index (κ3) is 8.23. The number of H-pyrrole nitrogens is 2. The maximum Gasteiger partial charge on any atom is 0.257 e. The fraction of sp³-hybridized carbons (Fsp3) is 0.261. The highest BCUT2D eigenvalue weighted by Gasteiger charge is 2.44. The molecule has 62 heavy (non-hydrogen) atoms. The van der Waals surface area contributed by atoms with E-state index in [9.17, 15) is 28.0 Å². The molecule has 6 N–H and O–H groups in total. The van der Waals surface area contributed by atoms with Gasteiger partial charge in [-0.15, -0.1) is 0 Å². The van der Waals surface area contributed by atoms with Crippen molar-refractivity contribution in [2.45, 2.75) is 38.0 Å². The second-order valence-corrected chi connectivity index (χ2v) is 15.9. The van der Waals surface area contributed by atoms with E-state index in [1.54, 1.807) is 48.4 Å². The van der Waals surface area contributed by atoms with Crippen LogP contribution in [-0.2, 0) is 22.4 Å². The minimum absolute atomic E-state index is 0.0486. The minimum Gasteiger partial charge on any atom is -0.356 e. The Morgan fingerprint density at radius 2 is 1.02 bits per heavy atom. The number of amides is 4. The van der Waals surface area contributed by atoms with E-state index >= 15 is 0 Å². The van der Waals surface area contributed by atoms with Crippen molar-refractivity contribution in [2.75, 3.05) is 48.5 Å². The fourth-order valence-electron chi connectivity index (χ4n) is 7.73. The lowest BCUT2D eigenvalue weighted by Gasteiger charge is -2.23. The van der Waals surface area contributed by atoms with Gasteiger partial charge in [-0.25, -0.2) is 18.7 Å². The number of para-hydroxylation sites is 2. The summed E-state index contributed by atoms with van der Waals surface area (Å²) < 4.78 is 26.4. The minimum atomic E-state index is -1.07. The number of aromatic amines is 2. The van der Waals surface area contributed by atoms with Crippen LogP contribution in [0.4, 0.5) is 43.2 Å². The summed E-state index contributed by atoms with van der Waals surface area (Å²) in [4.78, 5) is 68.8. The second kappa shape index (κ2) is 16.6. The third-order valence-corrected chi connectivity index (χ3v) is 11.5. The zero-order valence-corrected chi connectivity index (χ0v) is 34.0. The zero-order valence-electron chi connectivity index (χ0n) is 34.0. The van der Waals surface area contributed by atoms with E-state index in [0.29, 0.717) is 47.2 Å². The molecule has 0 spiro atoms. The number of aromatic nitrogens is 4. The molecule has 0 unspecified atom stereocenters. The molecule has 14 nitrogen and oxygen atoms in total. The molecule has 4 atom stereocenters. The number of nitrogens with one attached hydrogen (secondary N) is 6. The molecule has 6 heterocycles. The van der Waals surface area contributed by atoms with Gasteiger partial charge >= 0.3 is 0 Å². The van der Waals surface area contributed by atoms with Crippen LogP contribution in [0.5, 0.6) is 0 Å². The topological polar surface area (TPSA) is 180 Å². The summed E-state index contributed by atoms with van der Waals surface area (Å²) in [6, 6.07) is 26.4. The highest BCUT2D eigenvalue weighted by atomic mass is 19.1. The Labute approximate surface area is 355 Å². The monoisotopic (exact) mass is 838 g/mol.